The highest BCUT2D eigenvalue weighted by Gasteiger charge is 2.19. The molecule has 3 aromatic rings. The van der Waals surface area contributed by atoms with E-state index in [1.165, 1.54) is 0 Å². The fourth-order valence-corrected chi connectivity index (χ4v) is 2.29. The van der Waals surface area contributed by atoms with Gasteiger partial charge in [-0.15, -0.1) is 0 Å². The van der Waals surface area contributed by atoms with E-state index in [1.54, 1.807) is 0 Å². The van der Waals surface area contributed by atoms with Gasteiger partial charge in [-0.25, -0.2) is 4.98 Å². The Labute approximate surface area is 117 Å². The molecule has 0 saturated carbocycles. The molecule has 3 rings (SSSR count). The predicted molar refractivity (Wildman–Crippen MR) is 80.1 cm³/mol. The van der Waals surface area contributed by atoms with E-state index in [9.17, 15) is 5.11 Å². The third-order valence-corrected chi connectivity index (χ3v) is 3.45. The second-order valence-electron chi connectivity index (χ2n) is 4.81. The first-order valence-electron chi connectivity index (χ1n) is 6.60. The number of para-hydroxylation sites is 1. The van der Waals surface area contributed by atoms with Crippen LogP contribution in [0.4, 0.5) is 0 Å². The molecule has 2 atom stereocenters. The van der Waals surface area contributed by atoms with Crippen molar-refractivity contribution in [2.24, 2.45) is 5.73 Å². The second-order valence-corrected chi connectivity index (χ2v) is 4.81. The molecule has 2 aromatic carbocycles. The fourth-order valence-electron chi connectivity index (χ4n) is 2.29. The van der Waals surface area contributed by atoms with Crippen LogP contribution in [0.3, 0.4) is 0 Å². The van der Waals surface area contributed by atoms with Crippen LogP contribution in [0.5, 0.6) is 0 Å². The zero-order valence-corrected chi connectivity index (χ0v) is 11.0. The summed E-state index contributed by atoms with van der Waals surface area (Å²) < 4.78 is 0. The number of aliphatic hydroxyl groups is 1. The number of nitrogens with zero attached hydrogens (tertiary/aromatic N) is 1. The van der Waals surface area contributed by atoms with E-state index in [2.05, 4.69) is 4.98 Å². The van der Waals surface area contributed by atoms with Crippen molar-refractivity contribution in [2.45, 2.75) is 12.1 Å². The smallest absolute Gasteiger partial charge is 0.115 e. The molecular weight excluding hydrogens is 248 g/mol. The summed E-state index contributed by atoms with van der Waals surface area (Å²) in [4.78, 5) is 4.49. The maximum Gasteiger partial charge on any atom is 0.115 e. The quantitative estimate of drug-likeness (QED) is 0.764. The summed E-state index contributed by atoms with van der Waals surface area (Å²) in [7, 11) is 0. The first-order chi connectivity index (χ1) is 9.75. The zero-order valence-electron chi connectivity index (χ0n) is 11.0. The molecule has 0 fully saturated rings. The predicted octanol–water partition coefficient (Wildman–Crippen LogP) is 2.97. The number of aromatic nitrogens is 1. The van der Waals surface area contributed by atoms with Gasteiger partial charge in [0.05, 0.1) is 17.3 Å². The van der Waals surface area contributed by atoms with Crippen LogP contribution in [0.2, 0.25) is 0 Å². The van der Waals surface area contributed by atoms with Crippen LogP contribution in [-0.2, 0) is 0 Å². The minimum Gasteiger partial charge on any atom is -0.385 e. The van der Waals surface area contributed by atoms with Gasteiger partial charge >= 0.3 is 0 Å². The van der Waals surface area contributed by atoms with Crippen molar-refractivity contribution in [3.05, 3.63) is 78.0 Å². The number of aliphatic hydroxyl groups excluding tert-OH is 1. The number of fused-ring (bicyclic) bond motifs is 1. The van der Waals surface area contributed by atoms with Crippen molar-refractivity contribution in [3.8, 4) is 0 Å². The van der Waals surface area contributed by atoms with Crippen LogP contribution in [-0.4, -0.2) is 10.1 Å². The van der Waals surface area contributed by atoms with Crippen LogP contribution >= 0.6 is 0 Å². The van der Waals surface area contributed by atoms with E-state index in [4.69, 9.17) is 5.73 Å². The highest BCUT2D eigenvalue weighted by Crippen LogP contribution is 2.26. The summed E-state index contributed by atoms with van der Waals surface area (Å²) in [6, 6.07) is 20.7. The average Bonchev–Trinajstić information content (AvgIpc) is 2.54. The summed E-state index contributed by atoms with van der Waals surface area (Å²) in [6.45, 7) is 0. The van der Waals surface area contributed by atoms with Gasteiger partial charge in [0.15, 0.2) is 0 Å². The van der Waals surface area contributed by atoms with Crippen molar-refractivity contribution < 1.29 is 5.11 Å². The highest BCUT2D eigenvalue weighted by molar-refractivity contribution is 5.78. The van der Waals surface area contributed by atoms with Gasteiger partial charge in [0.1, 0.15) is 6.10 Å². The molecule has 0 bridgehead atoms. The largest absolute Gasteiger partial charge is 0.385 e. The minimum atomic E-state index is -0.818. The van der Waals surface area contributed by atoms with Gasteiger partial charge in [-0.1, -0.05) is 54.6 Å². The van der Waals surface area contributed by atoms with Gasteiger partial charge in [0.2, 0.25) is 0 Å². The normalized spacial score (nSPS) is 14.1. The molecule has 3 N–H and O–H groups in total. The van der Waals surface area contributed by atoms with Gasteiger partial charge in [-0.3, -0.25) is 0 Å². The Bertz CT molecular complexity index is 712. The van der Waals surface area contributed by atoms with Crippen LogP contribution in [0.15, 0.2) is 66.7 Å². The average molecular weight is 264 g/mol. The van der Waals surface area contributed by atoms with Crippen molar-refractivity contribution in [1.82, 2.24) is 4.98 Å². The molecule has 100 valence electrons. The van der Waals surface area contributed by atoms with Crippen molar-refractivity contribution in [3.63, 3.8) is 0 Å². The van der Waals surface area contributed by atoms with E-state index in [0.717, 1.165) is 16.5 Å². The number of benzene rings is 2. The maximum absolute atomic E-state index is 10.4. The lowest BCUT2D eigenvalue weighted by Crippen LogP contribution is -2.20. The van der Waals surface area contributed by atoms with Crippen molar-refractivity contribution in [2.75, 3.05) is 0 Å². The monoisotopic (exact) mass is 264 g/mol. The standard InChI is InChI=1S/C17H16N2O/c18-16(13-7-2-1-3-8-13)17(20)15-11-10-12-6-4-5-9-14(12)19-15/h1-11,16-17,20H,18H2. The SMILES string of the molecule is NC(c1ccccc1)C(O)c1ccc2ccccc2n1. The lowest BCUT2D eigenvalue weighted by molar-refractivity contribution is 0.143. The van der Waals surface area contributed by atoms with E-state index < -0.39 is 12.1 Å². The Morgan fingerprint density at radius 1 is 0.850 bits per heavy atom. The molecule has 3 nitrogen and oxygen atoms in total. The number of hydrogen-bond donors (Lipinski definition) is 2. The fraction of sp³-hybridized carbons (Fsp3) is 0.118. The summed E-state index contributed by atoms with van der Waals surface area (Å²) in [5.74, 6) is 0. The topological polar surface area (TPSA) is 59.1 Å². The van der Waals surface area contributed by atoms with E-state index >= 15 is 0 Å². The first-order valence-corrected chi connectivity index (χ1v) is 6.60. The third-order valence-electron chi connectivity index (χ3n) is 3.45. The summed E-state index contributed by atoms with van der Waals surface area (Å²) in [5, 5.41) is 11.5. The summed E-state index contributed by atoms with van der Waals surface area (Å²) >= 11 is 0. The molecule has 2 unspecified atom stereocenters. The number of nitrogens with two attached hydrogens (primary N) is 1. The summed E-state index contributed by atoms with van der Waals surface area (Å²) in [6.07, 6.45) is -0.818. The molecule has 1 aromatic heterocycles. The van der Waals surface area contributed by atoms with Crippen LogP contribution in [0.25, 0.3) is 10.9 Å². The molecular formula is C17H16N2O. The first kappa shape index (κ1) is 12.8. The van der Waals surface area contributed by atoms with E-state index in [-0.39, 0.29) is 0 Å². The molecule has 0 saturated heterocycles. The number of rotatable bonds is 3. The minimum absolute atomic E-state index is 0.482. The molecule has 0 amide bonds. The Balaban J connectivity index is 1.94. The molecule has 0 aliphatic rings. The highest BCUT2D eigenvalue weighted by atomic mass is 16.3. The Morgan fingerprint density at radius 3 is 2.35 bits per heavy atom. The maximum atomic E-state index is 10.4. The molecule has 0 radical (unpaired) electrons. The Kier molecular flexibility index (Phi) is 3.46. The molecule has 1 heterocycles. The molecule has 0 aliphatic heterocycles. The van der Waals surface area contributed by atoms with Crippen LogP contribution < -0.4 is 5.73 Å². The molecule has 0 aliphatic carbocycles. The Morgan fingerprint density at radius 2 is 1.55 bits per heavy atom. The lowest BCUT2D eigenvalue weighted by atomic mass is 9.99. The molecule has 0 spiro atoms. The second kappa shape index (κ2) is 5.41. The molecule has 3 heteroatoms. The van der Waals surface area contributed by atoms with Crippen molar-refractivity contribution in [1.29, 1.82) is 0 Å². The molecule has 20 heavy (non-hydrogen) atoms. The lowest BCUT2D eigenvalue weighted by Gasteiger charge is -2.19. The van der Waals surface area contributed by atoms with Crippen LogP contribution in [0, 0.1) is 0 Å². The zero-order chi connectivity index (χ0) is 13.9. The van der Waals surface area contributed by atoms with E-state index in [0.29, 0.717) is 5.69 Å². The van der Waals surface area contributed by atoms with Gasteiger partial charge in [-0.05, 0) is 17.7 Å². The van der Waals surface area contributed by atoms with Gasteiger partial charge in [-0.2, -0.15) is 0 Å². The van der Waals surface area contributed by atoms with E-state index in [1.807, 2.05) is 66.7 Å². The Hall–Kier alpha value is -2.23. The van der Waals surface area contributed by atoms with Gasteiger partial charge in [0.25, 0.3) is 0 Å². The van der Waals surface area contributed by atoms with Gasteiger partial charge in [0, 0.05) is 5.39 Å². The number of pyridine rings is 1. The third kappa shape index (κ3) is 2.41. The summed E-state index contributed by atoms with van der Waals surface area (Å²) in [5.41, 5.74) is 8.49. The van der Waals surface area contributed by atoms with Crippen molar-refractivity contribution >= 4 is 10.9 Å². The van der Waals surface area contributed by atoms with Gasteiger partial charge < -0.3 is 10.8 Å². The number of hydrogen-bond acceptors (Lipinski definition) is 3. The van der Waals surface area contributed by atoms with Crippen LogP contribution in [0.1, 0.15) is 23.4 Å².